The molecule has 2 aromatic carbocycles. The average molecular weight is 281 g/mol. The molecule has 2 heteroatoms. The molecule has 0 saturated carbocycles. The normalized spacial score (nSPS) is 13.4. The van der Waals surface area contributed by atoms with E-state index in [0.717, 1.165) is 19.3 Å². The summed E-state index contributed by atoms with van der Waals surface area (Å²) in [5.74, 6) is 0. The smallest absolute Gasteiger partial charge is 0.210 e. The van der Waals surface area contributed by atoms with Gasteiger partial charge < -0.3 is 4.90 Å². The highest BCUT2D eigenvalue weighted by atomic mass is 16.1. The summed E-state index contributed by atoms with van der Waals surface area (Å²) in [5, 5.41) is 0. The van der Waals surface area contributed by atoms with E-state index in [-0.39, 0.29) is 12.1 Å². The molecule has 0 bridgehead atoms. The van der Waals surface area contributed by atoms with Crippen molar-refractivity contribution in [3.63, 3.8) is 0 Å². The molecule has 2 rings (SSSR count). The van der Waals surface area contributed by atoms with Crippen LogP contribution in [0.2, 0.25) is 0 Å². The van der Waals surface area contributed by atoms with Crippen molar-refractivity contribution in [3.05, 3.63) is 71.8 Å². The first-order valence-corrected chi connectivity index (χ1v) is 7.64. The summed E-state index contributed by atoms with van der Waals surface area (Å²) in [6.07, 6.45) is 2.82. The predicted octanol–water partition coefficient (Wildman–Crippen LogP) is 4.75. The molecule has 2 atom stereocenters. The zero-order valence-corrected chi connectivity index (χ0v) is 12.8. The number of carbonyl (C=O) groups excluding carboxylic acids is 1. The summed E-state index contributed by atoms with van der Waals surface area (Å²) in [4.78, 5) is 13.7. The quantitative estimate of drug-likeness (QED) is 0.671. The molecular formula is C19H23NO. The number of hydrogen-bond acceptors (Lipinski definition) is 1. The number of carbonyl (C=O) groups is 1. The predicted molar refractivity (Wildman–Crippen MR) is 86.9 cm³/mol. The highest BCUT2D eigenvalue weighted by Gasteiger charge is 2.25. The molecule has 2 unspecified atom stereocenters. The lowest BCUT2D eigenvalue weighted by Gasteiger charge is -2.35. The summed E-state index contributed by atoms with van der Waals surface area (Å²) in [5.41, 5.74) is 2.39. The highest BCUT2D eigenvalue weighted by Crippen LogP contribution is 2.33. The van der Waals surface area contributed by atoms with Gasteiger partial charge in [-0.15, -0.1) is 0 Å². The Morgan fingerprint density at radius 2 is 1.19 bits per heavy atom. The minimum absolute atomic E-state index is 0.119. The third-order valence-corrected chi connectivity index (χ3v) is 3.98. The fourth-order valence-corrected chi connectivity index (χ4v) is 2.95. The van der Waals surface area contributed by atoms with Crippen molar-refractivity contribution in [2.24, 2.45) is 0 Å². The van der Waals surface area contributed by atoms with Crippen LogP contribution in [0.15, 0.2) is 60.7 Å². The fraction of sp³-hybridized carbons (Fsp3) is 0.316. The van der Waals surface area contributed by atoms with Crippen molar-refractivity contribution in [1.29, 1.82) is 0 Å². The molecule has 0 aromatic heterocycles. The Labute approximate surface area is 127 Å². The van der Waals surface area contributed by atoms with E-state index in [0.29, 0.717) is 0 Å². The maximum absolute atomic E-state index is 11.8. The lowest BCUT2D eigenvalue weighted by Crippen LogP contribution is -2.31. The first-order chi connectivity index (χ1) is 10.3. The third-order valence-electron chi connectivity index (χ3n) is 3.98. The molecule has 21 heavy (non-hydrogen) atoms. The first kappa shape index (κ1) is 15.3. The molecular weight excluding hydrogens is 258 g/mol. The number of hydrogen-bond donors (Lipinski definition) is 0. The van der Waals surface area contributed by atoms with Crippen molar-refractivity contribution in [2.45, 2.75) is 38.8 Å². The highest BCUT2D eigenvalue weighted by molar-refractivity contribution is 5.50. The van der Waals surface area contributed by atoms with Crippen molar-refractivity contribution in [2.75, 3.05) is 0 Å². The second-order valence-corrected chi connectivity index (χ2v) is 5.22. The molecule has 0 heterocycles. The Kier molecular flexibility index (Phi) is 5.56. The number of benzene rings is 2. The average Bonchev–Trinajstić information content (AvgIpc) is 2.56. The molecule has 0 aliphatic rings. The molecule has 0 saturated heterocycles. The monoisotopic (exact) mass is 281 g/mol. The van der Waals surface area contributed by atoms with Crippen LogP contribution in [0, 0.1) is 0 Å². The lowest BCUT2D eigenvalue weighted by molar-refractivity contribution is -0.123. The van der Waals surface area contributed by atoms with Crippen LogP contribution in [-0.2, 0) is 4.79 Å². The van der Waals surface area contributed by atoms with E-state index in [1.165, 1.54) is 11.1 Å². The topological polar surface area (TPSA) is 20.3 Å². The molecule has 1 amide bonds. The molecule has 2 nitrogen and oxygen atoms in total. The zero-order valence-electron chi connectivity index (χ0n) is 12.8. The number of amides is 1. The summed E-state index contributed by atoms with van der Waals surface area (Å²) in [6.45, 7) is 4.26. The van der Waals surface area contributed by atoms with Gasteiger partial charge in [0.2, 0.25) is 6.41 Å². The van der Waals surface area contributed by atoms with Crippen molar-refractivity contribution in [3.8, 4) is 0 Å². The van der Waals surface area contributed by atoms with E-state index in [1.807, 2.05) is 41.3 Å². The zero-order chi connectivity index (χ0) is 15.1. The van der Waals surface area contributed by atoms with Crippen LogP contribution in [0.1, 0.15) is 49.9 Å². The minimum Gasteiger partial charge on any atom is -0.331 e. The third kappa shape index (κ3) is 3.52. The van der Waals surface area contributed by atoms with E-state index >= 15 is 0 Å². The van der Waals surface area contributed by atoms with E-state index in [1.54, 1.807) is 0 Å². The second-order valence-electron chi connectivity index (χ2n) is 5.22. The van der Waals surface area contributed by atoms with E-state index in [9.17, 15) is 4.79 Å². The van der Waals surface area contributed by atoms with Crippen LogP contribution in [0.3, 0.4) is 0 Å². The Balaban J connectivity index is 2.34. The van der Waals surface area contributed by atoms with Gasteiger partial charge in [-0.3, -0.25) is 4.79 Å². The van der Waals surface area contributed by atoms with Gasteiger partial charge in [0.05, 0.1) is 12.1 Å². The SMILES string of the molecule is CCC(c1ccccc1)N(C=O)C(CC)c1ccccc1. The minimum atomic E-state index is 0.119. The van der Waals surface area contributed by atoms with Gasteiger partial charge in [0, 0.05) is 0 Å². The molecule has 0 radical (unpaired) electrons. The number of nitrogens with zero attached hydrogens (tertiary/aromatic N) is 1. The molecule has 0 aliphatic carbocycles. The molecule has 0 fully saturated rings. The van der Waals surface area contributed by atoms with Crippen LogP contribution in [0.25, 0.3) is 0 Å². The van der Waals surface area contributed by atoms with Crippen LogP contribution in [-0.4, -0.2) is 11.3 Å². The van der Waals surface area contributed by atoms with Crippen molar-refractivity contribution < 1.29 is 4.79 Å². The van der Waals surface area contributed by atoms with Gasteiger partial charge in [-0.2, -0.15) is 0 Å². The summed E-state index contributed by atoms with van der Waals surface area (Å²) in [6, 6.07) is 20.8. The summed E-state index contributed by atoms with van der Waals surface area (Å²) < 4.78 is 0. The van der Waals surface area contributed by atoms with Gasteiger partial charge in [-0.25, -0.2) is 0 Å². The standard InChI is InChI=1S/C19H23NO/c1-3-18(16-11-7-5-8-12-16)20(15-21)19(4-2)17-13-9-6-10-14-17/h5-15,18-19H,3-4H2,1-2H3. The largest absolute Gasteiger partial charge is 0.331 e. The summed E-state index contributed by atoms with van der Waals surface area (Å²) in [7, 11) is 0. The Morgan fingerprint density at radius 1 is 0.810 bits per heavy atom. The van der Waals surface area contributed by atoms with E-state index in [4.69, 9.17) is 0 Å². The molecule has 110 valence electrons. The Bertz CT molecular complexity index is 491. The van der Waals surface area contributed by atoms with Crippen molar-refractivity contribution >= 4 is 6.41 Å². The van der Waals surface area contributed by atoms with E-state index in [2.05, 4.69) is 38.1 Å². The van der Waals surface area contributed by atoms with Crippen LogP contribution >= 0.6 is 0 Å². The molecule has 0 N–H and O–H groups in total. The Morgan fingerprint density at radius 3 is 1.48 bits per heavy atom. The second kappa shape index (κ2) is 7.63. The number of rotatable bonds is 7. The first-order valence-electron chi connectivity index (χ1n) is 7.64. The van der Waals surface area contributed by atoms with Crippen LogP contribution < -0.4 is 0 Å². The Hall–Kier alpha value is -2.09. The summed E-state index contributed by atoms with van der Waals surface area (Å²) >= 11 is 0. The van der Waals surface area contributed by atoms with Crippen LogP contribution in [0.4, 0.5) is 0 Å². The van der Waals surface area contributed by atoms with Gasteiger partial charge in [-0.1, -0.05) is 74.5 Å². The molecule has 0 aliphatic heterocycles. The maximum Gasteiger partial charge on any atom is 0.210 e. The van der Waals surface area contributed by atoms with Gasteiger partial charge in [0.1, 0.15) is 0 Å². The fourth-order valence-electron chi connectivity index (χ4n) is 2.95. The lowest BCUT2D eigenvalue weighted by atomic mass is 9.97. The van der Waals surface area contributed by atoms with Gasteiger partial charge in [-0.05, 0) is 24.0 Å². The van der Waals surface area contributed by atoms with Crippen LogP contribution in [0.5, 0.6) is 0 Å². The molecule has 2 aromatic rings. The molecule has 0 spiro atoms. The van der Waals surface area contributed by atoms with Gasteiger partial charge in [0.15, 0.2) is 0 Å². The maximum atomic E-state index is 11.8. The van der Waals surface area contributed by atoms with E-state index < -0.39 is 0 Å². The van der Waals surface area contributed by atoms with Gasteiger partial charge >= 0.3 is 0 Å². The van der Waals surface area contributed by atoms with Gasteiger partial charge in [0.25, 0.3) is 0 Å². The van der Waals surface area contributed by atoms with Crippen molar-refractivity contribution in [1.82, 2.24) is 4.90 Å².